The van der Waals surface area contributed by atoms with E-state index in [4.69, 9.17) is 0 Å². The topological polar surface area (TPSA) is 62.2 Å². The van der Waals surface area contributed by atoms with Crippen LogP contribution in [0.4, 0.5) is 5.69 Å². The highest BCUT2D eigenvalue weighted by Gasteiger charge is 2.26. The van der Waals surface area contributed by atoms with E-state index in [1.54, 1.807) is 0 Å². The third-order valence-electron chi connectivity index (χ3n) is 4.14. The summed E-state index contributed by atoms with van der Waals surface area (Å²) < 4.78 is 2.08. The lowest BCUT2D eigenvalue weighted by molar-refractivity contribution is -0.114. The summed E-state index contributed by atoms with van der Waals surface area (Å²) in [7, 11) is 2.03. The number of halogens is 1. The first kappa shape index (κ1) is 18.4. The van der Waals surface area contributed by atoms with Crippen LogP contribution in [0.1, 0.15) is 24.4 Å². The minimum atomic E-state index is -0.0461. The summed E-state index contributed by atoms with van der Waals surface area (Å²) in [6, 6.07) is 8.30. The molecule has 0 radical (unpaired) electrons. The number of imidazole rings is 1. The normalized spacial score (nSPS) is 18.0. The molecule has 2 N–H and O–H groups in total. The number of hydrogen-bond acceptors (Lipinski definition) is 4. The maximum Gasteiger partial charge on any atom is 0.221 e. The zero-order chi connectivity index (χ0) is 16.2. The third-order valence-corrected chi connectivity index (χ3v) is 4.14. The molecule has 1 aromatic carbocycles. The molecule has 24 heavy (non-hydrogen) atoms. The number of carbonyl (C=O) groups excluding carboxylic acids is 1. The van der Waals surface area contributed by atoms with Crippen molar-refractivity contribution in [2.75, 3.05) is 25.0 Å². The highest BCUT2D eigenvalue weighted by atomic mass is 35.5. The van der Waals surface area contributed by atoms with Gasteiger partial charge in [0.25, 0.3) is 0 Å². The lowest BCUT2D eigenvalue weighted by Crippen LogP contribution is -2.46. The van der Waals surface area contributed by atoms with Gasteiger partial charge in [-0.3, -0.25) is 9.69 Å². The first-order valence-corrected chi connectivity index (χ1v) is 7.92. The minimum Gasteiger partial charge on any atom is -0.337 e. The van der Waals surface area contributed by atoms with Crippen LogP contribution in [0.5, 0.6) is 0 Å². The lowest BCUT2D eigenvalue weighted by Gasteiger charge is -2.35. The Morgan fingerprint density at radius 3 is 3.00 bits per heavy atom. The molecular weight excluding hydrogens is 326 g/mol. The summed E-state index contributed by atoms with van der Waals surface area (Å²) in [5.41, 5.74) is 2.04. The minimum absolute atomic E-state index is 0. The zero-order valence-electron chi connectivity index (χ0n) is 14.0. The number of nitrogens with one attached hydrogen (secondary N) is 2. The maximum atomic E-state index is 11.2. The molecule has 1 saturated heterocycles. The van der Waals surface area contributed by atoms with Crippen molar-refractivity contribution in [3.63, 3.8) is 0 Å². The second-order valence-electron chi connectivity index (χ2n) is 5.97. The van der Waals surface area contributed by atoms with Crippen LogP contribution in [0.15, 0.2) is 36.7 Å². The molecule has 1 aromatic heterocycles. The third kappa shape index (κ3) is 4.35. The van der Waals surface area contributed by atoms with Gasteiger partial charge in [-0.15, -0.1) is 12.4 Å². The van der Waals surface area contributed by atoms with Gasteiger partial charge in [-0.1, -0.05) is 12.1 Å². The summed E-state index contributed by atoms with van der Waals surface area (Å²) in [5.74, 6) is 1.03. The first-order valence-electron chi connectivity index (χ1n) is 7.92. The number of rotatable bonds is 4. The van der Waals surface area contributed by atoms with Crippen molar-refractivity contribution in [3.05, 3.63) is 48.0 Å². The Balaban J connectivity index is 0.00000208. The molecule has 0 bridgehead atoms. The predicted octanol–water partition coefficient (Wildman–Crippen LogP) is 1.95. The number of piperazine rings is 1. The molecule has 2 aromatic rings. The van der Waals surface area contributed by atoms with Gasteiger partial charge in [0.15, 0.2) is 0 Å². The number of benzene rings is 1. The average molecular weight is 350 g/mol. The molecule has 1 aliphatic heterocycles. The Bertz CT molecular complexity index is 687. The summed E-state index contributed by atoms with van der Waals surface area (Å²) in [6.07, 6.45) is 3.83. The number of anilines is 1. The van der Waals surface area contributed by atoms with Crippen LogP contribution >= 0.6 is 12.4 Å². The van der Waals surface area contributed by atoms with Gasteiger partial charge >= 0.3 is 0 Å². The number of aryl methyl sites for hydroxylation is 1. The van der Waals surface area contributed by atoms with Crippen LogP contribution < -0.4 is 10.6 Å². The van der Waals surface area contributed by atoms with E-state index in [2.05, 4.69) is 31.2 Å². The van der Waals surface area contributed by atoms with Crippen molar-refractivity contribution in [1.82, 2.24) is 19.8 Å². The van der Waals surface area contributed by atoms with Crippen LogP contribution in [0.2, 0.25) is 0 Å². The highest BCUT2D eigenvalue weighted by molar-refractivity contribution is 5.88. The number of aromatic nitrogens is 2. The van der Waals surface area contributed by atoms with Gasteiger partial charge in [0.05, 0.1) is 6.04 Å². The summed E-state index contributed by atoms with van der Waals surface area (Å²) >= 11 is 0. The van der Waals surface area contributed by atoms with Crippen LogP contribution in [0.25, 0.3) is 0 Å². The van der Waals surface area contributed by atoms with Gasteiger partial charge in [-0.2, -0.15) is 0 Å². The molecule has 0 saturated carbocycles. The molecule has 3 rings (SSSR count). The molecule has 1 atom stereocenters. The Morgan fingerprint density at radius 1 is 1.46 bits per heavy atom. The number of nitrogens with zero attached hydrogens (tertiary/aromatic N) is 3. The van der Waals surface area contributed by atoms with E-state index in [0.717, 1.165) is 37.7 Å². The fourth-order valence-corrected chi connectivity index (χ4v) is 3.07. The second-order valence-corrected chi connectivity index (χ2v) is 5.97. The lowest BCUT2D eigenvalue weighted by atomic mass is 10.1. The molecule has 130 valence electrons. The van der Waals surface area contributed by atoms with Crippen molar-refractivity contribution < 1.29 is 4.79 Å². The monoisotopic (exact) mass is 349 g/mol. The van der Waals surface area contributed by atoms with Crippen molar-refractivity contribution >= 4 is 24.0 Å². The molecule has 1 aliphatic rings. The van der Waals surface area contributed by atoms with Crippen molar-refractivity contribution in [2.45, 2.75) is 19.5 Å². The van der Waals surface area contributed by atoms with E-state index >= 15 is 0 Å². The Hall–Kier alpha value is -1.89. The van der Waals surface area contributed by atoms with Gasteiger partial charge in [-0.05, 0) is 17.7 Å². The number of amides is 1. The molecule has 2 heterocycles. The van der Waals surface area contributed by atoms with Crippen LogP contribution in [-0.2, 0) is 18.4 Å². The summed E-state index contributed by atoms with van der Waals surface area (Å²) in [6.45, 7) is 5.22. The van der Waals surface area contributed by atoms with Crippen LogP contribution in [0, 0.1) is 0 Å². The van der Waals surface area contributed by atoms with E-state index in [0.29, 0.717) is 0 Å². The van der Waals surface area contributed by atoms with E-state index in [1.165, 1.54) is 12.5 Å². The Kier molecular flexibility index (Phi) is 6.36. The standard InChI is InChI=1S/C17H23N5O.ClH/c1-13(23)20-15-5-3-4-14(10-15)12-22-9-6-18-11-16(22)17-19-7-8-21(17)2;/h3-5,7-8,10,16,18H,6,9,11-12H2,1-2H3,(H,20,23);1H. The van der Waals surface area contributed by atoms with Crippen molar-refractivity contribution in [1.29, 1.82) is 0 Å². The zero-order valence-corrected chi connectivity index (χ0v) is 14.8. The smallest absolute Gasteiger partial charge is 0.221 e. The Labute approximate surface area is 148 Å². The molecule has 6 nitrogen and oxygen atoms in total. The van der Waals surface area contributed by atoms with Gasteiger partial charge < -0.3 is 15.2 Å². The second kappa shape index (κ2) is 8.28. The van der Waals surface area contributed by atoms with E-state index < -0.39 is 0 Å². The number of carbonyl (C=O) groups is 1. The maximum absolute atomic E-state index is 11.2. The van der Waals surface area contributed by atoms with Crippen LogP contribution in [0.3, 0.4) is 0 Å². The van der Waals surface area contributed by atoms with E-state index in [1.807, 2.05) is 37.6 Å². The molecule has 1 unspecified atom stereocenters. The van der Waals surface area contributed by atoms with Gasteiger partial charge in [0.1, 0.15) is 5.82 Å². The Morgan fingerprint density at radius 2 is 2.29 bits per heavy atom. The molecule has 0 aliphatic carbocycles. The van der Waals surface area contributed by atoms with Crippen molar-refractivity contribution in [3.8, 4) is 0 Å². The van der Waals surface area contributed by atoms with Gasteiger partial charge in [0.2, 0.25) is 5.91 Å². The fourth-order valence-electron chi connectivity index (χ4n) is 3.07. The largest absolute Gasteiger partial charge is 0.337 e. The van der Waals surface area contributed by atoms with Gasteiger partial charge in [0, 0.05) is 58.2 Å². The van der Waals surface area contributed by atoms with Crippen molar-refractivity contribution in [2.24, 2.45) is 7.05 Å². The summed E-state index contributed by atoms with van der Waals surface area (Å²) in [4.78, 5) is 18.2. The van der Waals surface area contributed by atoms with Crippen LogP contribution in [-0.4, -0.2) is 40.0 Å². The van der Waals surface area contributed by atoms with Gasteiger partial charge in [-0.25, -0.2) is 4.98 Å². The molecular formula is C17H24ClN5O. The quantitative estimate of drug-likeness (QED) is 0.885. The molecule has 0 spiro atoms. The highest BCUT2D eigenvalue weighted by Crippen LogP contribution is 2.23. The molecule has 1 amide bonds. The summed E-state index contributed by atoms with van der Waals surface area (Å²) in [5, 5.41) is 6.30. The van der Waals surface area contributed by atoms with E-state index in [-0.39, 0.29) is 24.4 Å². The number of hydrogen-bond donors (Lipinski definition) is 2. The first-order chi connectivity index (χ1) is 11.1. The molecule has 1 fully saturated rings. The SMILES string of the molecule is CC(=O)Nc1cccc(CN2CCNCC2c2nccn2C)c1.Cl. The van der Waals surface area contributed by atoms with E-state index in [9.17, 15) is 4.79 Å². The predicted molar refractivity (Wildman–Crippen MR) is 97.2 cm³/mol. The average Bonchev–Trinajstić information content (AvgIpc) is 2.93. The molecule has 7 heteroatoms. The fraction of sp³-hybridized carbons (Fsp3) is 0.412.